The predicted octanol–water partition coefficient (Wildman–Crippen LogP) is 2.11. The number of piperazine rings is 1. The third kappa shape index (κ3) is 8.45. The number of rotatable bonds is 9. The summed E-state index contributed by atoms with van der Waals surface area (Å²) in [5.41, 5.74) is 1.17. The summed E-state index contributed by atoms with van der Waals surface area (Å²) in [7, 11) is 0. The highest BCUT2D eigenvalue weighted by molar-refractivity contribution is 6.29. The number of hydrogen-bond donors (Lipinski definition) is 2. The van der Waals surface area contributed by atoms with Crippen molar-refractivity contribution in [2.45, 2.75) is 27.2 Å². The summed E-state index contributed by atoms with van der Waals surface area (Å²) >= 11 is 5.83. The Kier molecular flexibility index (Phi) is 9.87. The zero-order valence-corrected chi connectivity index (χ0v) is 17.8. The van der Waals surface area contributed by atoms with Crippen LogP contribution in [0.2, 0.25) is 5.15 Å². The summed E-state index contributed by atoms with van der Waals surface area (Å²) in [6.45, 7) is 16.2. The molecule has 6 nitrogen and oxygen atoms in total. The van der Waals surface area contributed by atoms with Crippen molar-refractivity contribution in [2.75, 3.05) is 58.9 Å². The molecule has 2 N–H and O–H groups in total. The van der Waals surface area contributed by atoms with Crippen LogP contribution in [0.1, 0.15) is 26.3 Å². The van der Waals surface area contributed by atoms with Crippen LogP contribution in [0.3, 0.4) is 0 Å². The maximum atomic E-state index is 5.83. The Morgan fingerprint density at radius 1 is 1.19 bits per heavy atom. The molecule has 0 aliphatic carbocycles. The van der Waals surface area contributed by atoms with Gasteiger partial charge in [-0.15, -0.1) is 0 Å². The van der Waals surface area contributed by atoms with E-state index in [1.807, 2.05) is 18.3 Å². The summed E-state index contributed by atoms with van der Waals surface area (Å²) in [5, 5.41) is 7.28. The van der Waals surface area contributed by atoms with Gasteiger partial charge in [-0.3, -0.25) is 4.99 Å². The largest absolute Gasteiger partial charge is 0.357 e. The van der Waals surface area contributed by atoms with Gasteiger partial charge in [0.2, 0.25) is 0 Å². The van der Waals surface area contributed by atoms with Gasteiger partial charge in [0.15, 0.2) is 5.96 Å². The highest BCUT2D eigenvalue weighted by Gasteiger charge is 2.17. The molecule has 152 valence electrons. The van der Waals surface area contributed by atoms with E-state index in [9.17, 15) is 0 Å². The van der Waals surface area contributed by atoms with E-state index in [4.69, 9.17) is 16.6 Å². The van der Waals surface area contributed by atoms with Crippen LogP contribution in [-0.4, -0.2) is 79.6 Å². The number of guanidine groups is 1. The van der Waals surface area contributed by atoms with E-state index in [1.165, 1.54) is 31.7 Å². The lowest BCUT2D eigenvalue weighted by Gasteiger charge is -2.35. The number of nitrogens with one attached hydrogen (secondary N) is 2. The topological polar surface area (TPSA) is 55.8 Å². The first kappa shape index (κ1) is 21.9. The Balaban J connectivity index is 1.72. The Morgan fingerprint density at radius 2 is 1.93 bits per heavy atom. The number of likely N-dealkylation sites (N-methyl/N-ethyl adjacent to an activating group) is 1. The molecule has 27 heavy (non-hydrogen) atoms. The summed E-state index contributed by atoms with van der Waals surface area (Å²) in [6, 6.07) is 3.85. The SMILES string of the molecule is CCNC(=NCC(C)CN1CCN(CC)CC1)NCCc1ccc(Cl)nc1. The quantitative estimate of drug-likeness (QED) is 0.381. The molecule has 1 saturated heterocycles. The molecule has 1 aliphatic rings. The summed E-state index contributed by atoms with van der Waals surface area (Å²) < 4.78 is 0. The Bertz CT molecular complexity index is 554. The maximum Gasteiger partial charge on any atom is 0.191 e. The molecular formula is C20H35ClN6. The first-order chi connectivity index (χ1) is 13.1. The van der Waals surface area contributed by atoms with Crippen molar-refractivity contribution in [3.8, 4) is 0 Å². The van der Waals surface area contributed by atoms with Crippen LogP contribution in [-0.2, 0) is 6.42 Å². The van der Waals surface area contributed by atoms with Gasteiger partial charge in [-0.1, -0.05) is 31.5 Å². The molecule has 0 radical (unpaired) electrons. The second-order valence-electron chi connectivity index (χ2n) is 7.23. The molecule has 1 atom stereocenters. The third-order valence-electron chi connectivity index (χ3n) is 4.88. The van der Waals surface area contributed by atoms with E-state index in [1.54, 1.807) is 0 Å². The number of aliphatic imine (C=N–C) groups is 1. The van der Waals surface area contributed by atoms with Gasteiger partial charge in [-0.05, 0) is 37.4 Å². The van der Waals surface area contributed by atoms with Crippen LogP contribution in [0.15, 0.2) is 23.3 Å². The number of nitrogens with zero attached hydrogens (tertiary/aromatic N) is 4. The fraction of sp³-hybridized carbons (Fsp3) is 0.700. The van der Waals surface area contributed by atoms with Gasteiger partial charge in [-0.2, -0.15) is 0 Å². The Labute approximate surface area is 169 Å². The fourth-order valence-corrected chi connectivity index (χ4v) is 3.37. The summed E-state index contributed by atoms with van der Waals surface area (Å²) in [4.78, 5) is 14.0. The predicted molar refractivity (Wildman–Crippen MR) is 115 cm³/mol. The van der Waals surface area contributed by atoms with Crippen molar-refractivity contribution >= 4 is 17.6 Å². The molecule has 2 heterocycles. The van der Waals surface area contributed by atoms with Crippen molar-refractivity contribution in [2.24, 2.45) is 10.9 Å². The highest BCUT2D eigenvalue weighted by Crippen LogP contribution is 2.07. The molecule has 0 bridgehead atoms. The normalized spacial score (nSPS) is 17.7. The zero-order valence-electron chi connectivity index (χ0n) is 17.0. The molecule has 0 aromatic carbocycles. The Hall–Kier alpha value is -1.37. The van der Waals surface area contributed by atoms with E-state index in [2.05, 4.69) is 46.2 Å². The van der Waals surface area contributed by atoms with Crippen LogP contribution in [0.25, 0.3) is 0 Å². The standard InChI is InChI=1S/C20H35ClN6/c1-4-22-20(23-9-8-18-6-7-19(21)24-15-18)25-14-17(3)16-27-12-10-26(5-2)11-13-27/h6-7,15,17H,4-5,8-14,16H2,1-3H3,(H2,22,23,25). The molecule has 1 aromatic heterocycles. The fourth-order valence-electron chi connectivity index (χ4n) is 3.26. The van der Waals surface area contributed by atoms with Crippen molar-refractivity contribution in [3.63, 3.8) is 0 Å². The minimum atomic E-state index is 0.534. The smallest absolute Gasteiger partial charge is 0.191 e. The lowest BCUT2D eigenvalue weighted by atomic mass is 10.1. The number of halogens is 1. The van der Waals surface area contributed by atoms with Gasteiger partial charge in [0, 0.05) is 58.6 Å². The van der Waals surface area contributed by atoms with E-state index < -0.39 is 0 Å². The summed E-state index contributed by atoms with van der Waals surface area (Å²) in [6.07, 6.45) is 2.72. The van der Waals surface area contributed by atoms with E-state index >= 15 is 0 Å². The molecule has 0 saturated carbocycles. The number of hydrogen-bond acceptors (Lipinski definition) is 4. The van der Waals surface area contributed by atoms with Crippen molar-refractivity contribution in [1.82, 2.24) is 25.4 Å². The molecule has 1 fully saturated rings. The van der Waals surface area contributed by atoms with Crippen LogP contribution in [0, 0.1) is 5.92 Å². The number of pyridine rings is 1. The van der Waals surface area contributed by atoms with Crippen molar-refractivity contribution < 1.29 is 0 Å². The van der Waals surface area contributed by atoms with Crippen LogP contribution in [0.5, 0.6) is 0 Å². The maximum absolute atomic E-state index is 5.83. The van der Waals surface area contributed by atoms with Gasteiger partial charge in [0.25, 0.3) is 0 Å². The minimum absolute atomic E-state index is 0.534. The molecule has 1 aliphatic heterocycles. The summed E-state index contributed by atoms with van der Waals surface area (Å²) in [5.74, 6) is 1.44. The first-order valence-electron chi connectivity index (χ1n) is 10.2. The second-order valence-corrected chi connectivity index (χ2v) is 7.61. The second kappa shape index (κ2) is 12.2. The van der Waals surface area contributed by atoms with E-state index in [0.717, 1.165) is 45.1 Å². The van der Waals surface area contributed by atoms with E-state index in [-0.39, 0.29) is 0 Å². The van der Waals surface area contributed by atoms with Gasteiger partial charge < -0.3 is 20.4 Å². The van der Waals surface area contributed by atoms with Crippen molar-refractivity contribution in [3.05, 3.63) is 29.0 Å². The Morgan fingerprint density at radius 3 is 2.56 bits per heavy atom. The minimum Gasteiger partial charge on any atom is -0.357 e. The molecular weight excluding hydrogens is 360 g/mol. The van der Waals surface area contributed by atoms with Crippen LogP contribution < -0.4 is 10.6 Å². The molecule has 7 heteroatoms. The van der Waals surface area contributed by atoms with Gasteiger partial charge in [0.1, 0.15) is 5.15 Å². The lowest BCUT2D eigenvalue weighted by molar-refractivity contribution is 0.125. The van der Waals surface area contributed by atoms with Gasteiger partial charge >= 0.3 is 0 Å². The molecule has 0 spiro atoms. The molecule has 0 amide bonds. The lowest BCUT2D eigenvalue weighted by Crippen LogP contribution is -2.47. The first-order valence-corrected chi connectivity index (χ1v) is 10.6. The molecule has 2 rings (SSSR count). The molecule has 1 aromatic rings. The third-order valence-corrected chi connectivity index (χ3v) is 5.11. The monoisotopic (exact) mass is 394 g/mol. The van der Waals surface area contributed by atoms with Crippen LogP contribution in [0.4, 0.5) is 0 Å². The average Bonchev–Trinajstić information content (AvgIpc) is 2.68. The van der Waals surface area contributed by atoms with Crippen molar-refractivity contribution in [1.29, 1.82) is 0 Å². The molecule has 1 unspecified atom stereocenters. The average molecular weight is 395 g/mol. The van der Waals surface area contributed by atoms with Crippen LogP contribution >= 0.6 is 11.6 Å². The van der Waals surface area contributed by atoms with Gasteiger partial charge in [0.05, 0.1) is 0 Å². The van der Waals surface area contributed by atoms with E-state index in [0.29, 0.717) is 11.1 Å². The highest BCUT2D eigenvalue weighted by atomic mass is 35.5. The zero-order chi connectivity index (χ0) is 19.5. The number of aromatic nitrogens is 1. The van der Waals surface area contributed by atoms with Gasteiger partial charge in [-0.25, -0.2) is 4.98 Å².